The zero-order valence-electron chi connectivity index (χ0n) is 12.3. The zero-order valence-corrected chi connectivity index (χ0v) is 15.4. The number of aliphatic hydroxyl groups is 1. The van der Waals surface area contributed by atoms with Crippen LogP contribution in [-0.2, 0) is 0 Å². The van der Waals surface area contributed by atoms with E-state index in [4.69, 9.17) is 8.96 Å². The number of hydrogen-bond acceptors (Lipinski definition) is 1. The average Bonchev–Trinajstić information content (AvgIpc) is 2.59. The van der Waals surface area contributed by atoms with Crippen molar-refractivity contribution in [3.63, 3.8) is 0 Å². The van der Waals surface area contributed by atoms with Crippen molar-refractivity contribution < 1.29 is 5.11 Å². The summed E-state index contributed by atoms with van der Waals surface area (Å²) in [7, 11) is 6.95. The maximum absolute atomic E-state index is 10.6. The predicted octanol–water partition coefficient (Wildman–Crippen LogP) is 4.79. The van der Waals surface area contributed by atoms with Crippen LogP contribution in [0.4, 0.5) is 0 Å². The number of fused-ring (bicyclic) bond motifs is 2. The Morgan fingerprint density at radius 1 is 1.39 bits per heavy atom. The topological polar surface area (TPSA) is 20.2 Å². The van der Waals surface area contributed by atoms with Crippen LogP contribution in [0.1, 0.15) is 52.9 Å². The Labute approximate surface area is 120 Å². The molecule has 0 radical (unpaired) electrons. The van der Waals surface area contributed by atoms with Crippen LogP contribution in [0.3, 0.4) is 0 Å². The molecule has 0 aromatic rings. The van der Waals surface area contributed by atoms with E-state index < -0.39 is 17.1 Å². The van der Waals surface area contributed by atoms with Crippen LogP contribution in [0.2, 0.25) is 13.9 Å². The molecule has 4 unspecified atom stereocenters. The van der Waals surface area contributed by atoms with Crippen molar-refractivity contribution in [2.24, 2.45) is 16.7 Å². The Kier molecular flexibility index (Phi) is 4.37. The van der Waals surface area contributed by atoms with Gasteiger partial charge in [-0.2, -0.15) is 0 Å². The summed E-state index contributed by atoms with van der Waals surface area (Å²) in [6.45, 7) is 7.01. The van der Waals surface area contributed by atoms with Gasteiger partial charge in [-0.25, -0.2) is 0 Å². The second-order valence-corrected chi connectivity index (χ2v) is 20.8. The molecular formula is C15H29ClOTe. The summed E-state index contributed by atoms with van der Waals surface area (Å²) in [5.41, 5.74) is 0.462. The van der Waals surface area contributed by atoms with E-state index in [9.17, 15) is 5.11 Å². The number of aliphatic hydroxyl groups excluding tert-OH is 1. The van der Waals surface area contributed by atoms with Crippen molar-refractivity contribution >= 4 is 26.0 Å². The summed E-state index contributed by atoms with van der Waals surface area (Å²) in [5.74, 6) is 0.731. The third-order valence-electron chi connectivity index (χ3n) is 5.87. The van der Waals surface area contributed by atoms with Crippen LogP contribution >= 0.6 is 8.96 Å². The van der Waals surface area contributed by atoms with Crippen LogP contribution in [0.5, 0.6) is 0 Å². The molecule has 108 valence electrons. The van der Waals surface area contributed by atoms with Gasteiger partial charge in [-0.3, -0.25) is 0 Å². The molecular weight excluding hydrogens is 359 g/mol. The molecule has 0 saturated heterocycles. The van der Waals surface area contributed by atoms with Crippen molar-refractivity contribution in [2.75, 3.05) is 0 Å². The number of halogens is 1. The van der Waals surface area contributed by atoms with E-state index in [0.29, 0.717) is 5.41 Å². The van der Waals surface area contributed by atoms with Crippen LogP contribution in [-0.4, -0.2) is 28.3 Å². The first-order chi connectivity index (χ1) is 8.25. The summed E-state index contributed by atoms with van der Waals surface area (Å²) in [6.07, 6.45) is 5.99. The van der Waals surface area contributed by atoms with Gasteiger partial charge in [-0.1, -0.05) is 0 Å². The first-order valence-electron chi connectivity index (χ1n) is 7.36. The first-order valence-corrected chi connectivity index (χ1v) is 15.9. The number of rotatable bonds is 5. The molecule has 2 saturated carbocycles. The third kappa shape index (κ3) is 2.37. The Bertz CT molecular complexity index is 316. The SMILES string of the molecule is CCCC[Te](C)(Cl)CC12CCC(CC1O)C2(C)C. The third-order valence-corrected chi connectivity index (χ3v) is 14.1. The fourth-order valence-corrected chi connectivity index (χ4v) is 14.5. The molecule has 2 rings (SSSR count). The van der Waals surface area contributed by atoms with Gasteiger partial charge in [0.05, 0.1) is 0 Å². The van der Waals surface area contributed by atoms with Crippen molar-refractivity contribution in [3.8, 4) is 0 Å². The summed E-state index contributed by atoms with van der Waals surface area (Å²) in [5, 5.41) is 10.6. The minimum absolute atomic E-state index is 0.0859. The van der Waals surface area contributed by atoms with E-state index in [1.165, 1.54) is 34.6 Å². The van der Waals surface area contributed by atoms with Gasteiger partial charge in [-0.15, -0.1) is 0 Å². The molecule has 4 atom stereocenters. The molecule has 0 aromatic heterocycles. The van der Waals surface area contributed by atoms with E-state index in [1.54, 1.807) is 0 Å². The summed E-state index contributed by atoms with van der Waals surface area (Å²) < 4.78 is 2.43. The molecule has 0 heterocycles. The van der Waals surface area contributed by atoms with Gasteiger partial charge >= 0.3 is 121 Å². The molecule has 0 spiro atoms. The minimum atomic E-state index is -2.24. The van der Waals surface area contributed by atoms with Crippen molar-refractivity contribution in [1.29, 1.82) is 0 Å². The second kappa shape index (κ2) is 5.10. The Hall–Kier alpha value is 1.04. The van der Waals surface area contributed by atoms with Gasteiger partial charge in [0.2, 0.25) is 0 Å². The molecule has 0 aromatic carbocycles. The molecule has 2 fully saturated rings. The Balaban J connectivity index is 2.16. The van der Waals surface area contributed by atoms with Crippen molar-refractivity contribution in [1.82, 2.24) is 0 Å². The van der Waals surface area contributed by atoms with Crippen molar-refractivity contribution in [3.05, 3.63) is 0 Å². The molecule has 3 heteroatoms. The molecule has 2 bridgehead atoms. The van der Waals surface area contributed by atoms with Gasteiger partial charge < -0.3 is 0 Å². The number of hydrogen-bond donors (Lipinski definition) is 1. The van der Waals surface area contributed by atoms with Crippen LogP contribution in [0.25, 0.3) is 0 Å². The Morgan fingerprint density at radius 2 is 2.06 bits per heavy atom. The van der Waals surface area contributed by atoms with Gasteiger partial charge in [-0.05, 0) is 0 Å². The molecule has 0 aliphatic heterocycles. The van der Waals surface area contributed by atoms with Gasteiger partial charge in [0.25, 0.3) is 0 Å². The fourth-order valence-electron chi connectivity index (χ4n) is 4.43. The molecule has 2 aliphatic carbocycles. The van der Waals surface area contributed by atoms with E-state index in [2.05, 4.69) is 25.7 Å². The molecule has 18 heavy (non-hydrogen) atoms. The monoisotopic (exact) mass is 390 g/mol. The normalized spacial score (nSPS) is 42.8. The van der Waals surface area contributed by atoms with Crippen LogP contribution in [0, 0.1) is 16.7 Å². The van der Waals surface area contributed by atoms with Gasteiger partial charge in [0, 0.05) is 0 Å². The van der Waals surface area contributed by atoms with E-state index in [0.717, 1.165) is 12.3 Å². The standard InChI is InChI=1S/C15H29ClOTe/c1-5-6-9-18(4,16)11-15-8-7-12(10-13(15)17)14(15,2)3/h12-13,17H,5-11H2,1-4H3. The summed E-state index contributed by atoms with van der Waals surface area (Å²) >= 11 is -2.24. The fraction of sp³-hybridized carbons (Fsp3) is 1.00. The van der Waals surface area contributed by atoms with Gasteiger partial charge in [0.1, 0.15) is 0 Å². The van der Waals surface area contributed by atoms with E-state index in [-0.39, 0.29) is 11.5 Å². The number of unbranched alkanes of at least 4 members (excludes halogenated alkanes) is 1. The Morgan fingerprint density at radius 3 is 2.50 bits per heavy atom. The quantitative estimate of drug-likeness (QED) is 0.672. The first kappa shape index (κ1) is 15.4. The van der Waals surface area contributed by atoms with Gasteiger partial charge in [0.15, 0.2) is 0 Å². The molecule has 1 nitrogen and oxygen atoms in total. The molecule has 2 aliphatic rings. The second-order valence-electron chi connectivity index (χ2n) is 7.22. The van der Waals surface area contributed by atoms with Crippen LogP contribution in [0.15, 0.2) is 0 Å². The maximum atomic E-state index is 10.6. The van der Waals surface area contributed by atoms with Crippen LogP contribution < -0.4 is 0 Å². The van der Waals surface area contributed by atoms with Crippen molar-refractivity contribution in [2.45, 2.75) is 72.9 Å². The summed E-state index contributed by atoms with van der Waals surface area (Å²) in [4.78, 5) is 2.36. The molecule has 0 amide bonds. The predicted molar refractivity (Wildman–Crippen MR) is 81.6 cm³/mol. The molecule has 1 N–H and O–H groups in total. The average molecular weight is 388 g/mol. The van der Waals surface area contributed by atoms with E-state index >= 15 is 0 Å². The zero-order chi connectivity index (χ0) is 13.6. The summed E-state index contributed by atoms with van der Waals surface area (Å²) in [6, 6.07) is 0. The van der Waals surface area contributed by atoms with E-state index in [1.807, 2.05) is 0 Å².